The van der Waals surface area contributed by atoms with Crippen molar-refractivity contribution in [3.05, 3.63) is 87.9 Å². The monoisotopic (exact) mass is 580 g/mol. The minimum absolute atomic E-state index is 0.00205. The summed E-state index contributed by atoms with van der Waals surface area (Å²) in [5.41, 5.74) is 1.43. The number of amides is 1. The summed E-state index contributed by atoms with van der Waals surface area (Å²) >= 11 is 13.7. The van der Waals surface area contributed by atoms with Crippen LogP contribution in [-0.2, 0) is 25.3 Å². The van der Waals surface area contributed by atoms with E-state index in [1.54, 1.807) is 37.7 Å². The van der Waals surface area contributed by atoms with Crippen LogP contribution in [0.15, 0.2) is 76.5 Å². The van der Waals surface area contributed by atoms with Gasteiger partial charge in [0, 0.05) is 28.8 Å². The van der Waals surface area contributed by atoms with E-state index in [1.807, 2.05) is 36.4 Å². The molecule has 0 bridgehead atoms. The maximum Gasteiger partial charge on any atom is 0.338 e. The number of nitrogens with one attached hydrogen (secondary N) is 1. The van der Waals surface area contributed by atoms with Crippen LogP contribution in [0.5, 0.6) is 0 Å². The van der Waals surface area contributed by atoms with E-state index in [1.165, 1.54) is 22.5 Å². The van der Waals surface area contributed by atoms with E-state index in [-0.39, 0.29) is 15.6 Å². The van der Waals surface area contributed by atoms with Crippen molar-refractivity contribution in [2.45, 2.75) is 29.4 Å². The van der Waals surface area contributed by atoms with E-state index in [0.29, 0.717) is 29.4 Å². The number of rotatable bonds is 11. The van der Waals surface area contributed by atoms with Gasteiger partial charge in [-0.25, -0.2) is 13.2 Å². The predicted octanol–water partition coefficient (Wildman–Crippen LogP) is 6.11. The molecule has 0 aliphatic carbocycles. The Morgan fingerprint density at radius 1 is 0.946 bits per heavy atom. The van der Waals surface area contributed by atoms with Crippen LogP contribution in [0.25, 0.3) is 0 Å². The second-order valence-corrected chi connectivity index (χ2v) is 11.6. The Morgan fingerprint density at radius 2 is 1.59 bits per heavy atom. The van der Waals surface area contributed by atoms with Crippen LogP contribution in [0.1, 0.15) is 29.8 Å². The quantitative estimate of drug-likeness (QED) is 0.217. The van der Waals surface area contributed by atoms with E-state index >= 15 is 0 Å². The number of nitrogens with zero attached hydrogens (tertiary/aromatic N) is 1. The van der Waals surface area contributed by atoms with Gasteiger partial charge >= 0.3 is 5.97 Å². The van der Waals surface area contributed by atoms with Crippen molar-refractivity contribution in [2.75, 3.05) is 25.0 Å². The first-order valence-electron chi connectivity index (χ1n) is 11.4. The topological polar surface area (TPSA) is 92.8 Å². The first-order chi connectivity index (χ1) is 17.6. The summed E-state index contributed by atoms with van der Waals surface area (Å²) in [7, 11) is -3.73. The lowest BCUT2D eigenvalue weighted by atomic mass is 10.1. The smallest absolute Gasteiger partial charge is 0.338 e. The molecule has 196 valence electrons. The molecular weight excluding hydrogens is 555 g/mol. The van der Waals surface area contributed by atoms with Gasteiger partial charge in [-0.3, -0.25) is 4.79 Å². The minimum Gasteiger partial charge on any atom is -0.452 e. The lowest BCUT2D eigenvalue weighted by Crippen LogP contribution is -2.30. The third-order valence-corrected chi connectivity index (χ3v) is 9.01. The lowest BCUT2D eigenvalue weighted by molar-refractivity contribution is -0.119. The molecule has 1 amide bonds. The van der Waals surface area contributed by atoms with Crippen LogP contribution in [0, 0.1) is 0 Å². The number of anilines is 1. The Labute approximate surface area is 231 Å². The highest BCUT2D eigenvalue weighted by atomic mass is 35.5. The van der Waals surface area contributed by atoms with Gasteiger partial charge in [0.05, 0.1) is 21.2 Å². The summed E-state index contributed by atoms with van der Waals surface area (Å²) in [6.45, 7) is 3.53. The molecule has 0 fully saturated rings. The maximum absolute atomic E-state index is 12.8. The Balaban J connectivity index is 1.55. The molecule has 0 saturated heterocycles. The fourth-order valence-corrected chi connectivity index (χ4v) is 5.94. The van der Waals surface area contributed by atoms with Crippen molar-refractivity contribution in [3.63, 3.8) is 0 Å². The standard InChI is InChI=1S/C26H26Cl2N2O5S2/c1-3-30(4-2)37(33,34)22-13-14-23(28)24(15-22)29-25(31)16-35-26(32)19-7-5-18(6-8-19)17-36-21-11-9-20(27)10-12-21/h5-15H,3-4,16-17H2,1-2H3,(H,29,31). The molecule has 0 unspecified atom stereocenters. The summed E-state index contributed by atoms with van der Waals surface area (Å²) in [6.07, 6.45) is 0. The van der Waals surface area contributed by atoms with Gasteiger partial charge in [0.2, 0.25) is 10.0 Å². The van der Waals surface area contributed by atoms with Crippen LogP contribution in [0.2, 0.25) is 10.0 Å². The summed E-state index contributed by atoms with van der Waals surface area (Å²) in [5.74, 6) is -0.594. The number of benzene rings is 3. The predicted molar refractivity (Wildman–Crippen MR) is 148 cm³/mol. The zero-order chi connectivity index (χ0) is 27.0. The van der Waals surface area contributed by atoms with Gasteiger partial charge in [-0.15, -0.1) is 11.8 Å². The van der Waals surface area contributed by atoms with E-state index in [2.05, 4.69) is 5.32 Å². The summed E-state index contributed by atoms with van der Waals surface area (Å²) in [5, 5.41) is 3.35. The van der Waals surface area contributed by atoms with Crippen molar-refractivity contribution < 1.29 is 22.7 Å². The number of hydrogen-bond acceptors (Lipinski definition) is 6. The Hall–Kier alpha value is -2.56. The number of thioether (sulfide) groups is 1. The highest BCUT2D eigenvalue weighted by Crippen LogP contribution is 2.27. The van der Waals surface area contributed by atoms with Crippen molar-refractivity contribution in [3.8, 4) is 0 Å². The van der Waals surface area contributed by atoms with E-state index in [4.69, 9.17) is 27.9 Å². The molecule has 0 heterocycles. The summed E-state index contributed by atoms with van der Waals surface area (Å²) in [6, 6.07) is 18.5. The summed E-state index contributed by atoms with van der Waals surface area (Å²) < 4.78 is 31.9. The van der Waals surface area contributed by atoms with Gasteiger partial charge in [-0.05, 0) is 60.2 Å². The van der Waals surface area contributed by atoms with Gasteiger partial charge in [0.1, 0.15) is 0 Å². The molecule has 0 aliphatic heterocycles. The first-order valence-corrected chi connectivity index (χ1v) is 14.6. The average Bonchev–Trinajstić information content (AvgIpc) is 2.89. The van der Waals surface area contributed by atoms with Crippen molar-refractivity contribution >= 4 is 62.6 Å². The zero-order valence-corrected chi connectivity index (χ0v) is 23.4. The molecular formula is C26H26Cl2N2O5S2. The normalized spacial score (nSPS) is 11.4. The van der Waals surface area contributed by atoms with Crippen LogP contribution in [0.4, 0.5) is 5.69 Å². The molecule has 0 atom stereocenters. The Bertz CT molecular complexity index is 1340. The number of carbonyl (C=O) groups is 2. The molecule has 0 spiro atoms. The number of esters is 1. The molecule has 0 radical (unpaired) electrons. The number of sulfonamides is 1. The molecule has 37 heavy (non-hydrogen) atoms. The Kier molecular flexibility index (Phi) is 10.4. The van der Waals surface area contributed by atoms with E-state index in [9.17, 15) is 18.0 Å². The molecule has 7 nitrogen and oxygen atoms in total. The largest absolute Gasteiger partial charge is 0.452 e. The van der Waals surface area contributed by atoms with Crippen molar-refractivity contribution in [1.82, 2.24) is 4.31 Å². The van der Waals surface area contributed by atoms with Crippen LogP contribution < -0.4 is 5.32 Å². The van der Waals surface area contributed by atoms with Gasteiger partial charge in [0.25, 0.3) is 5.91 Å². The Morgan fingerprint density at radius 3 is 2.22 bits per heavy atom. The molecule has 3 aromatic carbocycles. The van der Waals surface area contributed by atoms with E-state index in [0.717, 1.165) is 10.5 Å². The highest BCUT2D eigenvalue weighted by Gasteiger charge is 2.23. The van der Waals surface area contributed by atoms with Gasteiger partial charge in [0.15, 0.2) is 6.61 Å². The van der Waals surface area contributed by atoms with Crippen LogP contribution >= 0.6 is 35.0 Å². The summed E-state index contributed by atoms with van der Waals surface area (Å²) in [4.78, 5) is 25.9. The second-order valence-electron chi connectivity index (χ2n) is 7.79. The average molecular weight is 582 g/mol. The highest BCUT2D eigenvalue weighted by molar-refractivity contribution is 7.98. The number of hydrogen-bond donors (Lipinski definition) is 1. The van der Waals surface area contributed by atoms with E-state index < -0.39 is 28.5 Å². The zero-order valence-electron chi connectivity index (χ0n) is 20.2. The molecule has 3 aromatic rings. The fourth-order valence-electron chi connectivity index (χ4n) is 3.31. The molecule has 0 aromatic heterocycles. The second kappa shape index (κ2) is 13.3. The van der Waals surface area contributed by atoms with Crippen LogP contribution in [-0.4, -0.2) is 44.3 Å². The minimum atomic E-state index is -3.73. The molecule has 3 rings (SSSR count). The molecule has 0 aliphatic rings. The number of ether oxygens (including phenoxy) is 1. The third-order valence-electron chi connectivity index (χ3n) is 5.30. The van der Waals surface area contributed by atoms with Crippen molar-refractivity contribution in [2.24, 2.45) is 0 Å². The van der Waals surface area contributed by atoms with Crippen LogP contribution in [0.3, 0.4) is 0 Å². The molecule has 11 heteroatoms. The van der Waals surface area contributed by atoms with Gasteiger partial charge < -0.3 is 10.1 Å². The number of halogens is 2. The SMILES string of the molecule is CCN(CC)S(=O)(=O)c1ccc(Cl)c(NC(=O)COC(=O)c2ccc(CSc3ccc(Cl)cc3)cc2)c1. The van der Waals surface area contributed by atoms with Crippen molar-refractivity contribution in [1.29, 1.82) is 0 Å². The number of carbonyl (C=O) groups excluding carboxylic acids is 2. The maximum atomic E-state index is 12.8. The van der Waals surface area contributed by atoms with Gasteiger partial charge in [-0.2, -0.15) is 4.31 Å². The fraction of sp³-hybridized carbons (Fsp3) is 0.231. The lowest BCUT2D eigenvalue weighted by Gasteiger charge is -2.19. The first kappa shape index (κ1) is 29.0. The molecule has 1 N–H and O–H groups in total. The van der Waals surface area contributed by atoms with Gasteiger partial charge in [-0.1, -0.05) is 49.2 Å². The third kappa shape index (κ3) is 7.96. The molecule has 0 saturated carbocycles.